The molecule has 1 aliphatic rings. The van der Waals surface area contributed by atoms with Crippen LogP contribution in [0.1, 0.15) is 12.5 Å². The molecule has 1 fully saturated rings. The molecule has 1 saturated heterocycles. The predicted molar refractivity (Wildman–Crippen MR) is 88.6 cm³/mol. The van der Waals surface area contributed by atoms with Gasteiger partial charge in [-0.05, 0) is 23.9 Å². The number of hydrogen-bond donors (Lipinski definition) is 0. The topological polar surface area (TPSA) is 72.4 Å². The zero-order valence-electron chi connectivity index (χ0n) is 12.2. The minimum Gasteiger partial charge on any atom is -0.377 e. The van der Waals surface area contributed by atoms with E-state index in [1.807, 2.05) is 5.38 Å². The highest BCUT2D eigenvalue weighted by Crippen LogP contribution is 2.35. The first kappa shape index (κ1) is 15.9. The summed E-state index contributed by atoms with van der Waals surface area (Å²) in [6.45, 7) is 4.05. The number of fused-ring (bicyclic) bond motifs is 1. The van der Waals surface area contributed by atoms with Gasteiger partial charge in [-0.15, -0.1) is 11.3 Å². The van der Waals surface area contributed by atoms with Crippen LogP contribution >= 0.6 is 22.9 Å². The van der Waals surface area contributed by atoms with Crippen molar-refractivity contribution in [2.24, 2.45) is 0 Å². The quantitative estimate of drug-likeness (QED) is 0.780. The molecular formula is C13H16ClN3O3S2. The first-order chi connectivity index (χ1) is 10.3. The van der Waals surface area contributed by atoms with Crippen LogP contribution in [-0.2, 0) is 20.3 Å². The maximum Gasteiger partial charge on any atom is 0.224 e. The molecule has 0 aliphatic carbocycles. The van der Waals surface area contributed by atoms with Gasteiger partial charge in [0.05, 0.1) is 35.2 Å². The number of hydrogen-bond acceptors (Lipinski definition) is 7. The van der Waals surface area contributed by atoms with E-state index in [0.29, 0.717) is 24.3 Å². The van der Waals surface area contributed by atoms with Crippen LogP contribution in [0.2, 0.25) is 5.28 Å². The first-order valence-corrected chi connectivity index (χ1v) is 10.1. The van der Waals surface area contributed by atoms with Crippen LogP contribution in [0.25, 0.3) is 10.2 Å². The maximum absolute atomic E-state index is 11.6. The van der Waals surface area contributed by atoms with E-state index in [1.54, 1.807) is 0 Å². The van der Waals surface area contributed by atoms with Gasteiger partial charge in [-0.2, -0.15) is 4.98 Å². The summed E-state index contributed by atoms with van der Waals surface area (Å²) in [5, 5.41) is 1.96. The molecule has 0 spiro atoms. The molecule has 0 aromatic carbocycles. The van der Waals surface area contributed by atoms with E-state index in [0.717, 1.165) is 17.1 Å². The number of anilines is 1. The van der Waals surface area contributed by atoms with Crippen molar-refractivity contribution in [3.05, 3.63) is 16.2 Å². The Morgan fingerprint density at radius 1 is 1.50 bits per heavy atom. The van der Waals surface area contributed by atoms with Crippen LogP contribution in [0.4, 0.5) is 5.82 Å². The van der Waals surface area contributed by atoms with E-state index >= 15 is 0 Å². The molecular weight excluding hydrogens is 346 g/mol. The summed E-state index contributed by atoms with van der Waals surface area (Å²) in [5.41, 5.74) is 1.30. The van der Waals surface area contributed by atoms with Crippen molar-refractivity contribution in [1.82, 2.24) is 9.97 Å². The summed E-state index contributed by atoms with van der Waals surface area (Å²) in [4.78, 5) is 10.8. The van der Waals surface area contributed by atoms with Crippen molar-refractivity contribution >= 4 is 48.8 Å². The molecule has 9 heteroatoms. The first-order valence-electron chi connectivity index (χ1n) is 6.81. The molecule has 0 N–H and O–H groups in total. The van der Waals surface area contributed by atoms with Crippen molar-refractivity contribution in [2.45, 2.75) is 18.7 Å². The highest BCUT2D eigenvalue weighted by molar-refractivity contribution is 7.89. The fourth-order valence-electron chi connectivity index (χ4n) is 2.55. The van der Waals surface area contributed by atoms with Crippen molar-refractivity contribution in [1.29, 1.82) is 0 Å². The van der Waals surface area contributed by atoms with Gasteiger partial charge < -0.3 is 9.64 Å². The van der Waals surface area contributed by atoms with Crippen molar-refractivity contribution in [3.63, 3.8) is 0 Å². The summed E-state index contributed by atoms with van der Waals surface area (Å²) in [6, 6.07) is 0.184. The normalized spacial score (nSPS) is 19.8. The Morgan fingerprint density at radius 3 is 2.95 bits per heavy atom. The van der Waals surface area contributed by atoms with Gasteiger partial charge in [0.1, 0.15) is 0 Å². The zero-order valence-corrected chi connectivity index (χ0v) is 14.6. The van der Waals surface area contributed by atoms with Gasteiger partial charge >= 0.3 is 0 Å². The Morgan fingerprint density at radius 2 is 2.27 bits per heavy atom. The molecule has 3 rings (SSSR count). The highest BCUT2D eigenvalue weighted by Gasteiger charge is 2.25. The predicted octanol–water partition coefficient (Wildman–Crippen LogP) is 2.11. The van der Waals surface area contributed by atoms with Crippen LogP contribution in [0, 0.1) is 0 Å². The molecule has 2 aromatic heterocycles. The van der Waals surface area contributed by atoms with Gasteiger partial charge in [-0.3, -0.25) is 0 Å². The fraction of sp³-hybridized carbons (Fsp3) is 0.538. The van der Waals surface area contributed by atoms with Crippen molar-refractivity contribution in [2.75, 3.05) is 30.9 Å². The van der Waals surface area contributed by atoms with E-state index < -0.39 is 9.84 Å². The molecule has 6 nitrogen and oxygen atoms in total. The molecule has 0 amide bonds. The van der Waals surface area contributed by atoms with E-state index in [1.165, 1.54) is 17.6 Å². The van der Waals surface area contributed by atoms with Crippen LogP contribution in [0.15, 0.2) is 5.38 Å². The Bertz CT molecular complexity index is 806. The number of morpholine rings is 1. The second-order valence-corrected chi connectivity index (χ2v) is 8.80. The lowest BCUT2D eigenvalue weighted by Crippen LogP contribution is -2.44. The number of thiophene rings is 1. The molecule has 0 saturated carbocycles. The van der Waals surface area contributed by atoms with Crippen LogP contribution < -0.4 is 4.90 Å². The third-order valence-corrected chi connectivity index (χ3v) is 5.52. The van der Waals surface area contributed by atoms with Crippen LogP contribution in [0.3, 0.4) is 0 Å². The third kappa shape index (κ3) is 3.19. The highest BCUT2D eigenvalue weighted by atomic mass is 35.5. The molecule has 120 valence electrons. The summed E-state index contributed by atoms with van der Waals surface area (Å²) in [7, 11) is -3.13. The van der Waals surface area contributed by atoms with Gasteiger partial charge in [0.25, 0.3) is 0 Å². The minimum atomic E-state index is -3.13. The Labute approximate surface area is 138 Å². The largest absolute Gasteiger partial charge is 0.377 e. The molecule has 0 unspecified atom stereocenters. The van der Waals surface area contributed by atoms with Crippen molar-refractivity contribution in [3.8, 4) is 0 Å². The number of aromatic nitrogens is 2. The Hall–Kier alpha value is -0.960. The number of halogens is 1. The van der Waals surface area contributed by atoms with E-state index in [2.05, 4.69) is 21.8 Å². The second kappa shape index (κ2) is 5.92. The lowest BCUT2D eigenvalue weighted by Gasteiger charge is -2.34. The summed E-state index contributed by atoms with van der Waals surface area (Å²) in [5.74, 6) is 0.717. The van der Waals surface area contributed by atoms with Gasteiger partial charge in [-0.1, -0.05) is 0 Å². The Kier molecular flexibility index (Phi) is 4.28. The molecule has 22 heavy (non-hydrogen) atoms. The maximum atomic E-state index is 11.6. The molecule has 2 aromatic rings. The van der Waals surface area contributed by atoms with Gasteiger partial charge in [0.15, 0.2) is 15.7 Å². The minimum absolute atomic E-state index is 0.0432. The third-order valence-electron chi connectivity index (χ3n) is 3.50. The number of nitrogens with zero attached hydrogens (tertiary/aromatic N) is 3. The monoisotopic (exact) mass is 361 g/mol. The van der Waals surface area contributed by atoms with Crippen molar-refractivity contribution < 1.29 is 13.2 Å². The molecule has 1 aliphatic heterocycles. The SMILES string of the molecule is C[C@@H]1COCCN1c1nc(Cl)nc2c(CS(C)(=O)=O)csc12. The fourth-order valence-corrected chi connectivity index (χ4v) is 4.61. The lowest BCUT2D eigenvalue weighted by molar-refractivity contribution is 0.0987. The Balaban J connectivity index is 2.11. The van der Waals surface area contributed by atoms with Crippen LogP contribution in [0.5, 0.6) is 0 Å². The summed E-state index contributed by atoms with van der Waals surface area (Å²) in [6.07, 6.45) is 1.21. The van der Waals surface area contributed by atoms with Gasteiger partial charge in [0, 0.05) is 18.4 Å². The number of ether oxygens (including phenoxy) is 1. The number of rotatable bonds is 3. The average Bonchev–Trinajstić information content (AvgIpc) is 2.80. The molecule has 1 atom stereocenters. The average molecular weight is 362 g/mol. The van der Waals surface area contributed by atoms with Gasteiger partial charge in [-0.25, -0.2) is 13.4 Å². The second-order valence-electron chi connectivity index (χ2n) is 5.44. The standard InChI is InChI=1S/C13H16ClN3O3S2/c1-8-5-20-4-3-17(8)12-11-10(15-13(14)16-12)9(6-21-11)7-22(2,18)19/h6,8H,3-5,7H2,1-2H3/t8-/m1/s1. The van der Waals surface area contributed by atoms with E-state index in [-0.39, 0.29) is 17.1 Å². The van der Waals surface area contributed by atoms with Crippen LogP contribution in [-0.4, -0.2) is 50.4 Å². The van der Waals surface area contributed by atoms with Gasteiger partial charge in [0.2, 0.25) is 5.28 Å². The molecule has 0 radical (unpaired) electrons. The summed E-state index contributed by atoms with van der Waals surface area (Å²) >= 11 is 7.52. The smallest absolute Gasteiger partial charge is 0.224 e. The zero-order chi connectivity index (χ0) is 15.9. The number of sulfone groups is 1. The summed E-state index contributed by atoms with van der Waals surface area (Å²) < 4.78 is 29.5. The molecule has 0 bridgehead atoms. The van der Waals surface area contributed by atoms with E-state index in [9.17, 15) is 8.42 Å². The van der Waals surface area contributed by atoms with E-state index in [4.69, 9.17) is 16.3 Å². The lowest BCUT2D eigenvalue weighted by atomic mass is 10.2. The molecule has 3 heterocycles.